The molecule has 0 spiro atoms. The number of carbonyl (C=O) groups is 8. The number of sulfonamides is 4. The van der Waals surface area contributed by atoms with Gasteiger partial charge in [-0.3, -0.25) is 19.2 Å². The van der Waals surface area contributed by atoms with Gasteiger partial charge in [0.05, 0.1) is 40.2 Å². The highest BCUT2D eigenvalue weighted by molar-refractivity contribution is 7.90. The van der Waals surface area contributed by atoms with Crippen molar-refractivity contribution in [3.8, 4) is 0 Å². The normalized spacial score (nSPS) is 12.3. The van der Waals surface area contributed by atoms with Crippen LogP contribution in [0.4, 0.5) is 9.59 Å². The number of carbonyl (C=O) groups excluding carboxylic acids is 5. The summed E-state index contributed by atoms with van der Waals surface area (Å²) < 4.78 is 121. The largest absolute Gasteiger partial charge is 0.480 e. The quantitative estimate of drug-likeness (QED) is 0.0175. The summed E-state index contributed by atoms with van der Waals surface area (Å²) in [5.41, 5.74) is 28.7. The van der Waals surface area contributed by atoms with Crippen LogP contribution in [-0.2, 0) is 101 Å². The fourth-order valence-electron chi connectivity index (χ4n) is 6.97. The number of nitrogens with one attached hydrogen (secondary N) is 6. The Morgan fingerprint density at radius 3 is 0.933 bits per heavy atom. The lowest BCUT2D eigenvalue weighted by Crippen LogP contribution is -2.46. The third-order valence-electron chi connectivity index (χ3n) is 12.2. The first-order valence-electron chi connectivity index (χ1n) is 30.7. The van der Waals surface area contributed by atoms with Crippen LogP contribution in [0, 0.1) is 0 Å². The highest BCUT2D eigenvalue weighted by Crippen LogP contribution is 2.13. The molecule has 0 aromatic heterocycles. The summed E-state index contributed by atoms with van der Waals surface area (Å²) in [6, 6.07) is 43.1. The van der Waals surface area contributed by atoms with E-state index >= 15 is 0 Å². The first-order valence-corrected chi connectivity index (χ1v) is 36.6. The molecule has 0 radical (unpaired) electrons. The molecular weight excluding hydrogens is 1460 g/mol. The molecule has 0 aliphatic rings. The Hall–Kier alpha value is -10.1. The molecule has 6 atom stereocenters. The number of allylic oxidation sites excluding steroid dienone is 1. The van der Waals surface area contributed by atoms with E-state index in [0.717, 1.165) is 11.1 Å². The summed E-state index contributed by atoms with van der Waals surface area (Å²) in [5, 5.41) is 30.7. The van der Waals surface area contributed by atoms with E-state index in [-0.39, 0.29) is 72.4 Å². The van der Waals surface area contributed by atoms with Crippen LogP contribution in [0.5, 0.6) is 0 Å². The maximum atomic E-state index is 11.8. The number of nitrogens with two attached hydrogens (primary N) is 5. The van der Waals surface area contributed by atoms with Crippen LogP contribution >= 0.6 is 0 Å². The molecule has 34 nitrogen and oxygen atoms in total. The fraction of sp³-hybridized carbons (Fsp3) is 0.313. The molecule has 0 aliphatic heterocycles. The highest BCUT2D eigenvalue weighted by atomic mass is 32.2. The predicted molar refractivity (Wildman–Crippen MR) is 389 cm³/mol. The van der Waals surface area contributed by atoms with Crippen molar-refractivity contribution in [1.29, 1.82) is 0 Å². The van der Waals surface area contributed by atoms with Gasteiger partial charge in [-0.05, 0) is 86.8 Å². The molecule has 6 unspecified atom stereocenters. The Kier molecular flexibility index (Phi) is 48.0. The zero-order valence-corrected chi connectivity index (χ0v) is 60.9. The SMILES string of the molecule is C.C=C(C)C.CC(CN)NS(=O)(=O)c1ccccc1.CCC(NC(=O)OCc1ccccc1)C(=O)OC.COC(=O)C(CN)NS(=O)(=O)c1ccccc1.NC(=O)CC(NS(=O)(=O)c1ccccc1)C(=O)O.NCC(NC(=O)OCc1ccccc1)C(=O)O.NCC(NS(=O)(=O)c1ccccc1)C(=O)O. The van der Waals surface area contributed by atoms with Gasteiger partial charge in [-0.25, -0.2) is 57.6 Å². The van der Waals surface area contributed by atoms with Gasteiger partial charge < -0.3 is 73.6 Å². The van der Waals surface area contributed by atoms with Crippen LogP contribution in [0.1, 0.15) is 59.1 Å². The Morgan fingerprint density at radius 2 is 0.676 bits per heavy atom. The molecule has 580 valence electrons. The molecule has 38 heteroatoms. The second-order valence-corrected chi connectivity index (χ2v) is 28.0. The van der Waals surface area contributed by atoms with Crippen LogP contribution in [0.2, 0.25) is 0 Å². The number of ether oxygens (including phenoxy) is 4. The number of benzene rings is 6. The minimum Gasteiger partial charge on any atom is -0.480 e. The minimum atomic E-state index is -3.99. The summed E-state index contributed by atoms with van der Waals surface area (Å²) in [7, 11) is -12.5. The van der Waals surface area contributed by atoms with E-state index in [1.54, 1.807) is 98.8 Å². The lowest BCUT2D eigenvalue weighted by Gasteiger charge is -2.14. The van der Waals surface area contributed by atoms with Crippen molar-refractivity contribution in [3.05, 3.63) is 205 Å². The van der Waals surface area contributed by atoms with Gasteiger partial charge in [-0.2, -0.15) is 14.2 Å². The molecular formula is C67H95N11O23S4. The maximum absolute atomic E-state index is 11.8. The summed E-state index contributed by atoms with van der Waals surface area (Å²) in [5.74, 6) is -6.06. The molecule has 0 saturated heterocycles. The predicted octanol–water partition coefficient (Wildman–Crippen LogP) is 2.86. The third-order valence-corrected chi connectivity index (χ3v) is 18.3. The Morgan fingerprint density at radius 1 is 0.419 bits per heavy atom. The van der Waals surface area contributed by atoms with Gasteiger partial charge in [0.1, 0.15) is 43.4 Å². The molecule has 0 fully saturated rings. The number of alkyl carbamates (subject to hydrolysis) is 2. The van der Waals surface area contributed by atoms with Crippen molar-refractivity contribution in [2.75, 3.05) is 40.4 Å². The number of rotatable bonds is 30. The number of methoxy groups -OCH3 is 2. The standard InChI is InChI=1S/C13H17NO4.C11H14N2O4.C10H12N2O5S.C10H14N2O4S.C9H12N2O4S.C9H14N2O2S.C4H8.CH4/c1-3-11(12(15)17-2)14-13(16)18-9-10-7-5-4-6-8-10;12-6-9(10(14)15)13-11(16)17-7-8-4-2-1-3-5-8;11-9(13)6-8(10(14)15)12-18(16,17)7-4-2-1-3-5-7;1-16-10(13)9(7-11)12-17(14,15)8-5-3-2-4-6-8;10-6-8(9(12)13)11-16(14,15)7-4-2-1-3-5-7;1-8(7-10)11-14(12,13)9-5-3-2-4-6-9;1-4(2)3;/h4-8,11H,3,9H2,1-2H3,(H,14,16);1-5,9H,6-7,12H2,(H,13,16)(H,14,15);1-5,8,12H,6H2,(H2,11,13)(H,14,15);2-6,9,12H,7,11H2,1H3;1-5,8,11H,6,10H2,(H,12,13);2-6,8,11H,7,10H2,1H3;1H2,2-3H3;1H4. The topological polar surface area (TPSA) is 573 Å². The molecule has 6 aromatic rings. The van der Waals surface area contributed by atoms with Crippen LogP contribution < -0.4 is 58.2 Å². The Balaban J connectivity index is 0. The van der Waals surface area contributed by atoms with Crippen LogP contribution in [0.25, 0.3) is 0 Å². The van der Waals surface area contributed by atoms with Gasteiger partial charge in [0.15, 0.2) is 0 Å². The van der Waals surface area contributed by atoms with Crippen molar-refractivity contribution in [2.24, 2.45) is 28.7 Å². The summed E-state index contributed by atoms with van der Waals surface area (Å²) in [4.78, 5) is 88.1. The molecule has 105 heavy (non-hydrogen) atoms. The Labute approximate surface area is 612 Å². The average Bonchev–Trinajstić information content (AvgIpc) is 0.850. The minimum absolute atomic E-state index is 0. The summed E-state index contributed by atoms with van der Waals surface area (Å²) in [6.45, 7) is 10.9. The van der Waals surface area contributed by atoms with E-state index in [1.165, 1.54) is 68.3 Å². The molecule has 6 rings (SSSR count). The van der Waals surface area contributed by atoms with Crippen LogP contribution in [0.3, 0.4) is 0 Å². The molecule has 0 aliphatic carbocycles. The zero-order valence-electron chi connectivity index (χ0n) is 57.7. The van der Waals surface area contributed by atoms with Crippen molar-refractivity contribution < 1.29 is 106 Å². The monoisotopic (exact) mass is 1550 g/mol. The second kappa shape index (κ2) is 51.9. The van der Waals surface area contributed by atoms with Gasteiger partial charge >= 0.3 is 42.0 Å². The molecule has 0 heterocycles. The van der Waals surface area contributed by atoms with Gasteiger partial charge in [0.25, 0.3) is 0 Å². The number of aliphatic carboxylic acids is 3. The number of hydrogen-bond acceptors (Lipinski definition) is 24. The van der Waals surface area contributed by atoms with Crippen LogP contribution in [-0.4, -0.2) is 174 Å². The average molecular weight is 1550 g/mol. The van der Waals surface area contributed by atoms with Gasteiger partial charge in [0.2, 0.25) is 46.0 Å². The van der Waals surface area contributed by atoms with Crippen molar-refractivity contribution in [1.82, 2.24) is 29.5 Å². The molecule has 0 saturated carbocycles. The lowest BCUT2D eigenvalue weighted by atomic mass is 10.2. The summed E-state index contributed by atoms with van der Waals surface area (Å²) >= 11 is 0. The van der Waals surface area contributed by atoms with Gasteiger partial charge in [0, 0.05) is 32.2 Å². The lowest BCUT2D eigenvalue weighted by molar-refractivity contribution is -0.143. The van der Waals surface area contributed by atoms with E-state index in [2.05, 4.69) is 36.1 Å². The molecule has 19 N–H and O–H groups in total. The number of hydrogen-bond donors (Lipinski definition) is 14. The van der Waals surface area contributed by atoms with Gasteiger partial charge in [-0.15, -0.1) is 6.58 Å². The second-order valence-electron chi connectivity index (χ2n) is 21.1. The summed E-state index contributed by atoms with van der Waals surface area (Å²) in [6.07, 6.45) is -1.59. The highest BCUT2D eigenvalue weighted by Gasteiger charge is 2.29. The van der Waals surface area contributed by atoms with E-state index in [0.29, 0.717) is 6.42 Å². The van der Waals surface area contributed by atoms with E-state index in [9.17, 15) is 72.0 Å². The number of esters is 2. The van der Waals surface area contributed by atoms with Crippen molar-refractivity contribution in [2.45, 2.75) is 117 Å². The number of carboxylic acids is 3. The van der Waals surface area contributed by atoms with E-state index < -0.39 is 125 Å². The Bertz CT molecular complexity index is 4050. The van der Waals surface area contributed by atoms with Crippen molar-refractivity contribution in [3.63, 3.8) is 0 Å². The van der Waals surface area contributed by atoms with Crippen LogP contribution in [0.15, 0.2) is 214 Å². The fourth-order valence-corrected chi connectivity index (χ4v) is 11.9. The molecule has 6 aromatic carbocycles. The zero-order chi connectivity index (χ0) is 79.1. The third kappa shape index (κ3) is 41.7. The first kappa shape index (κ1) is 97.0. The van der Waals surface area contributed by atoms with Gasteiger partial charge in [-0.1, -0.05) is 153 Å². The van der Waals surface area contributed by atoms with E-state index in [1.807, 2.05) is 71.8 Å². The molecule has 3 amide bonds. The number of primary amides is 1. The molecule has 0 bridgehead atoms. The van der Waals surface area contributed by atoms with Crippen molar-refractivity contribution >= 4 is 88.0 Å². The maximum Gasteiger partial charge on any atom is 0.408 e. The van der Waals surface area contributed by atoms with E-state index in [4.69, 9.17) is 53.5 Å². The number of amides is 3. The smallest absolute Gasteiger partial charge is 0.408 e. The number of carboxylic acid groups (broad SMARTS) is 3. The first-order chi connectivity index (χ1) is 48.9.